The third-order valence-electron chi connectivity index (χ3n) is 1.72. The first kappa shape index (κ1) is 12.6. The van der Waals surface area contributed by atoms with Gasteiger partial charge in [-0.15, -0.1) is 0 Å². The lowest BCUT2D eigenvalue weighted by Crippen LogP contribution is -1.99. The Hall–Kier alpha value is -0.490. The van der Waals surface area contributed by atoms with Gasteiger partial charge < -0.3 is 9.84 Å². The van der Waals surface area contributed by atoms with Gasteiger partial charge in [-0.2, -0.15) is 0 Å². The highest BCUT2D eigenvalue weighted by Crippen LogP contribution is 2.35. The number of aliphatic hydroxyl groups excluding tert-OH is 1. The van der Waals surface area contributed by atoms with Crippen LogP contribution in [-0.4, -0.2) is 20.6 Å². The molecule has 0 aromatic heterocycles. The van der Waals surface area contributed by atoms with Crippen molar-refractivity contribution < 1.29 is 18.3 Å². The van der Waals surface area contributed by atoms with Crippen LogP contribution in [0.4, 0.5) is 0 Å². The number of benzene rings is 1. The predicted molar refractivity (Wildman–Crippen MR) is 57.0 cm³/mol. The molecule has 84 valence electrons. The molecule has 0 aliphatic heterocycles. The lowest BCUT2D eigenvalue weighted by Gasteiger charge is -2.09. The molecule has 0 saturated carbocycles. The quantitative estimate of drug-likeness (QED) is 0.851. The van der Waals surface area contributed by atoms with Gasteiger partial charge in [0.15, 0.2) is 5.75 Å². The van der Waals surface area contributed by atoms with E-state index in [2.05, 4.69) is 0 Å². The maximum absolute atomic E-state index is 11.2. The molecule has 1 aromatic rings. The topological polar surface area (TPSA) is 63.6 Å². The van der Waals surface area contributed by atoms with Crippen LogP contribution in [0.25, 0.3) is 0 Å². The van der Waals surface area contributed by atoms with Crippen molar-refractivity contribution in [1.82, 2.24) is 0 Å². The maximum atomic E-state index is 11.2. The summed E-state index contributed by atoms with van der Waals surface area (Å²) in [5, 5.41) is 8.96. The Kier molecular flexibility index (Phi) is 3.83. The molecular weight excluding hydrogens is 263 g/mol. The van der Waals surface area contributed by atoms with Crippen molar-refractivity contribution in [2.75, 3.05) is 7.11 Å². The van der Waals surface area contributed by atoms with E-state index in [0.717, 1.165) is 0 Å². The van der Waals surface area contributed by atoms with Crippen LogP contribution < -0.4 is 4.74 Å². The maximum Gasteiger partial charge on any atom is 0.265 e. The SMILES string of the molecule is COc1c(Cl)cc(CO)cc1S(=O)(=O)Cl. The van der Waals surface area contributed by atoms with E-state index in [1.807, 2.05) is 0 Å². The van der Waals surface area contributed by atoms with Gasteiger partial charge >= 0.3 is 0 Å². The van der Waals surface area contributed by atoms with Crippen LogP contribution >= 0.6 is 22.3 Å². The molecule has 0 heterocycles. The van der Waals surface area contributed by atoms with E-state index in [9.17, 15) is 8.42 Å². The van der Waals surface area contributed by atoms with Crippen molar-refractivity contribution >= 4 is 31.3 Å². The summed E-state index contributed by atoms with van der Waals surface area (Å²) in [6.45, 7) is -0.330. The third-order valence-corrected chi connectivity index (χ3v) is 3.33. The van der Waals surface area contributed by atoms with E-state index >= 15 is 0 Å². The van der Waals surface area contributed by atoms with Gasteiger partial charge in [-0.1, -0.05) is 11.6 Å². The van der Waals surface area contributed by atoms with E-state index in [4.69, 9.17) is 32.1 Å². The van der Waals surface area contributed by atoms with Gasteiger partial charge in [0, 0.05) is 10.7 Å². The minimum atomic E-state index is -3.95. The van der Waals surface area contributed by atoms with Crippen molar-refractivity contribution in [3.05, 3.63) is 22.7 Å². The summed E-state index contributed by atoms with van der Waals surface area (Å²) in [6, 6.07) is 2.62. The summed E-state index contributed by atoms with van der Waals surface area (Å²) in [5.74, 6) is -0.0242. The fourth-order valence-corrected chi connectivity index (χ4v) is 2.52. The van der Waals surface area contributed by atoms with Gasteiger partial charge in [0.25, 0.3) is 9.05 Å². The van der Waals surface area contributed by atoms with E-state index in [1.165, 1.54) is 19.2 Å². The first-order valence-corrected chi connectivity index (χ1v) is 6.50. The van der Waals surface area contributed by atoms with E-state index in [1.54, 1.807) is 0 Å². The fraction of sp³-hybridized carbons (Fsp3) is 0.250. The van der Waals surface area contributed by atoms with Crippen LogP contribution in [0, 0.1) is 0 Å². The van der Waals surface area contributed by atoms with E-state index in [-0.39, 0.29) is 22.3 Å². The van der Waals surface area contributed by atoms with Crippen LogP contribution in [0.15, 0.2) is 17.0 Å². The van der Waals surface area contributed by atoms with Crippen molar-refractivity contribution in [3.8, 4) is 5.75 Å². The monoisotopic (exact) mass is 270 g/mol. The van der Waals surface area contributed by atoms with Gasteiger partial charge in [0.05, 0.1) is 18.7 Å². The zero-order valence-corrected chi connectivity index (χ0v) is 10.0. The first-order chi connectivity index (χ1) is 6.90. The molecule has 0 atom stereocenters. The second-order valence-electron chi connectivity index (χ2n) is 2.70. The molecule has 1 aromatic carbocycles. The number of hydrogen-bond acceptors (Lipinski definition) is 4. The average molecular weight is 271 g/mol. The molecule has 7 heteroatoms. The van der Waals surface area contributed by atoms with Gasteiger partial charge in [-0.25, -0.2) is 8.42 Å². The first-order valence-electron chi connectivity index (χ1n) is 3.82. The molecule has 0 bridgehead atoms. The van der Waals surface area contributed by atoms with Gasteiger partial charge in [-0.3, -0.25) is 0 Å². The highest BCUT2D eigenvalue weighted by Gasteiger charge is 2.20. The Bertz CT molecular complexity index is 470. The fourth-order valence-electron chi connectivity index (χ4n) is 1.09. The van der Waals surface area contributed by atoms with Crippen molar-refractivity contribution in [2.24, 2.45) is 0 Å². The smallest absolute Gasteiger partial charge is 0.265 e. The van der Waals surface area contributed by atoms with Crippen LogP contribution in [0.3, 0.4) is 0 Å². The molecule has 4 nitrogen and oxygen atoms in total. The molecular formula is C8H8Cl2O4S. The van der Waals surface area contributed by atoms with E-state index in [0.29, 0.717) is 5.56 Å². The summed E-state index contributed by atoms with van der Waals surface area (Å²) in [6.07, 6.45) is 0. The Morgan fingerprint density at radius 1 is 1.47 bits per heavy atom. The second-order valence-corrected chi connectivity index (χ2v) is 5.65. The molecule has 0 spiro atoms. The third kappa shape index (κ3) is 2.75. The van der Waals surface area contributed by atoms with Gasteiger partial charge in [0.2, 0.25) is 0 Å². The zero-order valence-electron chi connectivity index (χ0n) is 7.70. The van der Waals surface area contributed by atoms with Crippen LogP contribution in [0.1, 0.15) is 5.56 Å². The molecule has 1 N–H and O–H groups in total. The zero-order chi connectivity index (χ0) is 11.6. The Labute approximate surface area is 96.8 Å². The second kappa shape index (κ2) is 4.57. The predicted octanol–water partition coefficient (Wildman–Crippen LogP) is 1.77. The minimum absolute atomic E-state index is 0.0242. The summed E-state index contributed by atoms with van der Waals surface area (Å²) in [7, 11) is 2.53. The summed E-state index contributed by atoms with van der Waals surface area (Å²) < 4.78 is 27.2. The lowest BCUT2D eigenvalue weighted by atomic mass is 10.2. The van der Waals surface area contributed by atoms with Crippen molar-refractivity contribution in [3.63, 3.8) is 0 Å². The largest absolute Gasteiger partial charge is 0.494 e. The molecule has 15 heavy (non-hydrogen) atoms. The lowest BCUT2D eigenvalue weighted by molar-refractivity contribution is 0.281. The summed E-state index contributed by atoms with van der Waals surface area (Å²) in [5.41, 5.74) is 0.347. The number of ether oxygens (including phenoxy) is 1. The normalized spacial score (nSPS) is 11.5. The number of rotatable bonds is 3. The number of aliphatic hydroxyl groups is 1. The Morgan fingerprint density at radius 2 is 2.07 bits per heavy atom. The van der Waals surface area contributed by atoms with Crippen LogP contribution in [-0.2, 0) is 15.7 Å². The Morgan fingerprint density at radius 3 is 2.47 bits per heavy atom. The number of methoxy groups -OCH3 is 1. The standard InChI is InChI=1S/C8H8Cl2O4S/c1-14-8-6(9)2-5(4-11)3-7(8)15(10,12)13/h2-3,11H,4H2,1H3. The number of hydrogen-bond donors (Lipinski definition) is 1. The Balaban J connectivity index is 3.53. The molecule has 0 amide bonds. The highest BCUT2D eigenvalue weighted by atomic mass is 35.7. The molecule has 1 rings (SSSR count). The molecule has 0 fully saturated rings. The van der Waals surface area contributed by atoms with Crippen LogP contribution in [0.5, 0.6) is 5.75 Å². The van der Waals surface area contributed by atoms with Gasteiger partial charge in [0.1, 0.15) is 4.90 Å². The molecule has 0 unspecified atom stereocenters. The van der Waals surface area contributed by atoms with E-state index < -0.39 is 9.05 Å². The number of halogens is 2. The highest BCUT2D eigenvalue weighted by molar-refractivity contribution is 8.13. The molecule has 0 saturated heterocycles. The molecule has 0 aliphatic rings. The summed E-state index contributed by atoms with van der Waals surface area (Å²) >= 11 is 5.76. The average Bonchev–Trinajstić information content (AvgIpc) is 2.15. The molecule has 0 aliphatic carbocycles. The van der Waals surface area contributed by atoms with Gasteiger partial charge in [-0.05, 0) is 17.7 Å². The van der Waals surface area contributed by atoms with Crippen LogP contribution in [0.2, 0.25) is 5.02 Å². The molecule has 0 radical (unpaired) electrons. The summed E-state index contributed by atoms with van der Waals surface area (Å²) in [4.78, 5) is -0.247. The van der Waals surface area contributed by atoms with Crippen molar-refractivity contribution in [1.29, 1.82) is 0 Å². The van der Waals surface area contributed by atoms with Crippen molar-refractivity contribution in [2.45, 2.75) is 11.5 Å². The minimum Gasteiger partial charge on any atom is -0.494 e.